The van der Waals surface area contributed by atoms with Gasteiger partial charge >= 0.3 is 214 Å². The molecular formula is C28H52O5Sn. The van der Waals surface area contributed by atoms with Crippen LogP contribution in [-0.2, 0) is 24.0 Å². The van der Waals surface area contributed by atoms with Gasteiger partial charge in [0.2, 0.25) is 0 Å². The van der Waals surface area contributed by atoms with E-state index in [0.717, 1.165) is 23.9 Å². The summed E-state index contributed by atoms with van der Waals surface area (Å²) in [7, 11) is 0. The van der Waals surface area contributed by atoms with Crippen LogP contribution < -0.4 is 0 Å². The van der Waals surface area contributed by atoms with Gasteiger partial charge in [-0.1, -0.05) is 0 Å². The summed E-state index contributed by atoms with van der Waals surface area (Å²) in [4.78, 5) is 12.3. The van der Waals surface area contributed by atoms with Crippen LogP contribution in [0.3, 0.4) is 0 Å². The van der Waals surface area contributed by atoms with Gasteiger partial charge in [-0.2, -0.15) is 0 Å². The molecule has 1 saturated carbocycles. The van der Waals surface area contributed by atoms with Gasteiger partial charge in [-0.05, 0) is 0 Å². The van der Waals surface area contributed by atoms with E-state index in [1.54, 1.807) is 0 Å². The van der Waals surface area contributed by atoms with Crippen molar-refractivity contribution >= 4 is 18.4 Å². The molecule has 0 radical (unpaired) electrons. The summed E-state index contributed by atoms with van der Waals surface area (Å²) in [6.07, 6.45) is 11.7. The van der Waals surface area contributed by atoms with E-state index in [2.05, 4.69) is 34.6 Å². The Morgan fingerprint density at radius 2 is 1.50 bits per heavy atom. The predicted molar refractivity (Wildman–Crippen MR) is 138 cm³/mol. The van der Waals surface area contributed by atoms with Crippen molar-refractivity contribution in [3.8, 4) is 0 Å². The van der Waals surface area contributed by atoms with Gasteiger partial charge in [0.25, 0.3) is 0 Å². The molecule has 5 rings (SSSR count). The van der Waals surface area contributed by atoms with Gasteiger partial charge in [-0.3, -0.25) is 0 Å². The molecule has 198 valence electrons. The SMILES string of the molecule is CCC[CH2][Sn]([CH2]CCC)([CH2]CCC)[CH2]O[C@H]1O[C@@H]2O[C@@]3(C)CC[C@H]4[C@H](C)CC[C@@H]([C@H]1C)[C@@]24OO3. The molecule has 4 heterocycles. The third-order valence-electron chi connectivity index (χ3n) is 9.83. The van der Waals surface area contributed by atoms with Crippen molar-refractivity contribution in [1.82, 2.24) is 0 Å². The Labute approximate surface area is 213 Å². The summed E-state index contributed by atoms with van der Waals surface area (Å²) < 4.78 is 25.6. The second-order valence-electron chi connectivity index (χ2n) is 12.4. The average Bonchev–Trinajstić information content (AvgIpc) is 3.06. The quantitative estimate of drug-likeness (QED) is 0.174. The number of fused-ring (bicyclic) bond motifs is 2. The molecule has 8 atom stereocenters. The second kappa shape index (κ2) is 11.6. The molecule has 1 spiro atoms. The maximum absolute atomic E-state index is 6.89. The first-order chi connectivity index (χ1) is 16.3. The van der Waals surface area contributed by atoms with Gasteiger partial charge in [-0.25, -0.2) is 0 Å². The molecule has 0 aromatic heterocycles. The zero-order valence-electron chi connectivity index (χ0n) is 22.9. The van der Waals surface area contributed by atoms with Crippen LogP contribution in [0.2, 0.25) is 13.3 Å². The van der Waals surface area contributed by atoms with Gasteiger partial charge in [0.05, 0.1) is 0 Å². The Morgan fingerprint density at radius 3 is 2.12 bits per heavy atom. The van der Waals surface area contributed by atoms with Crippen LogP contribution >= 0.6 is 0 Å². The van der Waals surface area contributed by atoms with Crippen molar-refractivity contribution in [3.05, 3.63) is 0 Å². The fourth-order valence-corrected chi connectivity index (χ4v) is 21.9. The third-order valence-corrected chi connectivity index (χ3v) is 24.2. The fourth-order valence-electron chi connectivity index (χ4n) is 7.57. The Balaban J connectivity index is 1.54. The van der Waals surface area contributed by atoms with Crippen molar-refractivity contribution in [2.24, 2.45) is 23.7 Å². The van der Waals surface area contributed by atoms with Crippen molar-refractivity contribution in [1.29, 1.82) is 0 Å². The standard InChI is InChI=1S/C16H25O5.3C4H9.Sn/c1-9-5-6-12-10(2)13(17-4)18-14-16(12)11(9)7-8-15(3,19-14)20-21-16;3*1-3-4-2;/h9-14H,4-8H2,1-3H3;3*1,3-4H2,2H3;/t9-,10-,11+,12+,13+,14-,15-,16-;;;;/m1..../s1. The first kappa shape index (κ1) is 27.6. The monoisotopic (exact) mass is 588 g/mol. The van der Waals surface area contributed by atoms with Crippen molar-refractivity contribution < 1.29 is 24.0 Å². The van der Waals surface area contributed by atoms with E-state index in [4.69, 9.17) is 24.0 Å². The third kappa shape index (κ3) is 5.27. The molecule has 0 aromatic rings. The minimum absolute atomic E-state index is 0.192. The van der Waals surface area contributed by atoms with Gasteiger partial charge in [0.15, 0.2) is 0 Å². The fraction of sp³-hybridized carbons (Fsp3) is 1.00. The summed E-state index contributed by atoms with van der Waals surface area (Å²) in [6.45, 7) is 13.7. The van der Waals surface area contributed by atoms with Crippen LogP contribution in [0.25, 0.3) is 0 Å². The Morgan fingerprint density at radius 1 is 0.853 bits per heavy atom. The molecule has 4 saturated heterocycles. The Bertz CT molecular complexity index is 639. The minimum atomic E-state index is -2.40. The molecular weight excluding hydrogens is 535 g/mol. The van der Waals surface area contributed by atoms with Crippen LogP contribution in [0, 0.1) is 23.7 Å². The van der Waals surface area contributed by atoms with Crippen LogP contribution in [-0.4, -0.2) is 47.0 Å². The molecule has 0 unspecified atom stereocenters. The van der Waals surface area contributed by atoms with E-state index >= 15 is 0 Å². The molecule has 5 fully saturated rings. The van der Waals surface area contributed by atoms with E-state index in [1.807, 2.05) is 6.92 Å². The van der Waals surface area contributed by atoms with Crippen molar-refractivity contribution in [2.75, 3.05) is 4.62 Å². The Kier molecular flexibility index (Phi) is 9.39. The van der Waals surface area contributed by atoms with Gasteiger partial charge in [0.1, 0.15) is 0 Å². The topological polar surface area (TPSA) is 46.2 Å². The molecule has 5 aliphatic rings. The summed E-state index contributed by atoms with van der Waals surface area (Å²) in [6, 6.07) is 0. The molecule has 0 aromatic carbocycles. The van der Waals surface area contributed by atoms with Crippen LogP contribution in [0.1, 0.15) is 106 Å². The number of ether oxygens (including phenoxy) is 3. The van der Waals surface area contributed by atoms with Crippen LogP contribution in [0.15, 0.2) is 0 Å². The molecule has 0 N–H and O–H groups in total. The number of rotatable bonds is 12. The maximum atomic E-state index is 6.89. The summed E-state index contributed by atoms with van der Waals surface area (Å²) in [5, 5.41) is 0. The summed E-state index contributed by atoms with van der Waals surface area (Å²) in [5.41, 5.74) is -0.486. The summed E-state index contributed by atoms with van der Waals surface area (Å²) >= 11 is -2.40. The van der Waals surface area contributed by atoms with E-state index in [9.17, 15) is 0 Å². The van der Waals surface area contributed by atoms with E-state index < -0.39 is 29.8 Å². The van der Waals surface area contributed by atoms with Gasteiger partial charge in [0, 0.05) is 0 Å². The van der Waals surface area contributed by atoms with E-state index in [1.165, 1.54) is 58.3 Å². The van der Waals surface area contributed by atoms with E-state index in [0.29, 0.717) is 17.8 Å². The molecule has 1 aliphatic carbocycles. The molecule has 6 heteroatoms. The molecule has 0 amide bonds. The first-order valence-corrected chi connectivity index (χ1v) is 22.7. The van der Waals surface area contributed by atoms with Gasteiger partial charge in [-0.15, -0.1) is 0 Å². The number of hydrogen-bond donors (Lipinski definition) is 0. The normalized spacial score (nSPS) is 41.8. The molecule has 34 heavy (non-hydrogen) atoms. The first-order valence-electron chi connectivity index (χ1n) is 14.6. The summed E-state index contributed by atoms with van der Waals surface area (Å²) in [5.74, 6) is 0.941. The van der Waals surface area contributed by atoms with Crippen LogP contribution in [0.5, 0.6) is 0 Å². The second-order valence-corrected chi connectivity index (χ2v) is 26.1. The average molecular weight is 587 g/mol. The Hall–Kier alpha value is 0.599. The van der Waals surface area contributed by atoms with E-state index in [-0.39, 0.29) is 18.5 Å². The van der Waals surface area contributed by atoms with Crippen LogP contribution in [0.4, 0.5) is 0 Å². The predicted octanol–water partition coefficient (Wildman–Crippen LogP) is 7.60. The number of unbranched alkanes of at least 4 members (excludes halogenated alkanes) is 3. The number of hydrogen-bond acceptors (Lipinski definition) is 5. The zero-order valence-corrected chi connectivity index (χ0v) is 25.8. The molecule has 5 nitrogen and oxygen atoms in total. The zero-order chi connectivity index (χ0) is 24.4. The molecule has 2 bridgehead atoms. The van der Waals surface area contributed by atoms with Crippen molar-refractivity contribution in [3.63, 3.8) is 0 Å². The van der Waals surface area contributed by atoms with Gasteiger partial charge < -0.3 is 0 Å². The molecule has 4 aliphatic heterocycles. The van der Waals surface area contributed by atoms with Crippen molar-refractivity contribution in [2.45, 2.75) is 143 Å².